The van der Waals surface area contributed by atoms with Crippen LogP contribution in [0.3, 0.4) is 0 Å². The average Bonchev–Trinajstić information content (AvgIpc) is 3.22. The van der Waals surface area contributed by atoms with E-state index in [9.17, 15) is 10.2 Å². The van der Waals surface area contributed by atoms with Crippen molar-refractivity contribution >= 4 is 0 Å². The van der Waals surface area contributed by atoms with Crippen LogP contribution < -0.4 is 9.47 Å². The third kappa shape index (κ3) is 3.86. The summed E-state index contributed by atoms with van der Waals surface area (Å²) in [5, 5.41) is 21.0. The maximum Gasteiger partial charge on any atom is 0.227 e. The first kappa shape index (κ1) is 19.5. The zero-order valence-corrected chi connectivity index (χ0v) is 16.6. The van der Waals surface area contributed by atoms with Gasteiger partial charge in [-0.05, 0) is 74.2 Å². The Morgan fingerprint density at radius 1 is 0.897 bits per heavy atom. The van der Waals surface area contributed by atoms with E-state index in [2.05, 4.69) is 0 Å². The number of methoxy groups -OCH3 is 2. The maximum atomic E-state index is 11.1. The Kier molecular flexibility index (Phi) is 5.30. The van der Waals surface area contributed by atoms with E-state index in [1.54, 1.807) is 14.2 Å². The predicted molar refractivity (Wildman–Crippen MR) is 109 cm³/mol. The summed E-state index contributed by atoms with van der Waals surface area (Å²) in [4.78, 5) is 4.71. The molecule has 0 atom stereocenters. The highest BCUT2D eigenvalue weighted by molar-refractivity contribution is 5.77. The van der Waals surface area contributed by atoms with Crippen LogP contribution in [0, 0.1) is 0 Å². The smallest absolute Gasteiger partial charge is 0.227 e. The van der Waals surface area contributed by atoms with Crippen LogP contribution in [0.15, 0.2) is 52.9 Å². The molecule has 2 aromatic carbocycles. The molecule has 6 nitrogen and oxygen atoms in total. The fraction of sp³-hybridized carbons (Fsp3) is 0.348. The van der Waals surface area contributed by atoms with Crippen molar-refractivity contribution in [1.82, 2.24) is 4.98 Å². The van der Waals surface area contributed by atoms with Crippen LogP contribution in [0.4, 0.5) is 0 Å². The first-order valence-corrected chi connectivity index (χ1v) is 9.73. The average molecular weight is 395 g/mol. The molecule has 0 aliphatic heterocycles. The maximum absolute atomic E-state index is 11.1. The molecule has 0 radical (unpaired) electrons. The first-order valence-electron chi connectivity index (χ1n) is 9.73. The number of nitrogens with zero attached hydrogens (tertiary/aromatic N) is 1. The zero-order valence-electron chi connectivity index (χ0n) is 16.6. The van der Waals surface area contributed by atoms with E-state index in [0.717, 1.165) is 22.6 Å². The molecule has 0 saturated heterocycles. The molecule has 6 heteroatoms. The third-order valence-corrected chi connectivity index (χ3v) is 5.52. The number of hydrogen-bond donors (Lipinski definition) is 2. The van der Waals surface area contributed by atoms with Gasteiger partial charge in [-0.3, -0.25) is 0 Å². The van der Waals surface area contributed by atoms with Crippen LogP contribution >= 0.6 is 0 Å². The first-order chi connectivity index (χ1) is 14.0. The van der Waals surface area contributed by atoms with Crippen LogP contribution in [0.5, 0.6) is 11.5 Å². The van der Waals surface area contributed by atoms with E-state index in [4.69, 9.17) is 18.9 Å². The van der Waals surface area contributed by atoms with Gasteiger partial charge in [0.15, 0.2) is 5.76 Å². The standard InChI is InChI=1S/C23H25NO5/c1-27-18-7-3-15(4-8-18)20-21(16-5-9-19(28-2)10-6-16)29-22(24-20)23(26)13-11-17(25)12-14-23/h3-10,17,25-26H,11-14H2,1-2H3. The molecule has 1 fully saturated rings. The zero-order chi connectivity index (χ0) is 20.4. The Bertz CT molecular complexity index is 889. The molecular weight excluding hydrogens is 370 g/mol. The number of aromatic nitrogens is 1. The minimum absolute atomic E-state index is 0.293. The van der Waals surface area contributed by atoms with Crippen LogP contribution in [0.25, 0.3) is 22.6 Å². The van der Waals surface area contributed by atoms with Gasteiger partial charge in [0.25, 0.3) is 0 Å². The summed E-state index contributed by atoms with van der Waals surface area (Å²) in [7, 11) is 3.25. The number of rotatable bonds is 5. The van der Waals surface area contributed by atoms with E-state index in [1.807, 2.05) is 48.5 Å². The second kappa shape index (κ2) is 7.89. The lowest BCUT2D eigenvalue weighted by molar-refractivity contribution is -0.0539. The minimum atomic E-state index is -1.18. The van der Waals surface area contributed by atoms with Crippen molar-refractivity contribution in [3.05, 3.63) is 54.4 Å². The summed E-state index contributed by atoms with van der Waals surface area (Å²) in [5.74, 6) is 2.39. The highest BCUT2D eigenvalue weighted by Crippen LogP contribution is 2.42. The summed E-state index contributed by atoms with van der Waals surface area (Å²) in [6.07, 6.45) is 1.49. The number of aliphatic hydroxyl groups excluding tert-OH is 1. The van der Waals surface area contributed by atoms with Crippen molar-refractivity contribution in [3.63, 3.8) is 0 Å². The fourth-order valence-corrected chi connectivity index (χ4v) is 3.70. The minimum Gasteiger partial charge on any atom is -0.497 e. The second-order valence-electron chi connectivity index (χ2n) is 7.42. The van der Waals surface area contributed by atoms with Crippen LogP contribution in [0.2, 0.25) is 0 Å². The molecule has 0 amide bonds. The molecule has 1 heterocycles. The molecule has 29 heavy (non-hydrogen) atoms. The highest BCUT2D eigenvalue weighted by Gasteiger charge is 2.39. The molecule has 152 valence electrons. The van der Waals surface area contributed by atoms with Gasteiger partial charge in [-0.1, -0.05) is 0 Å². The van der Waals surface area contributed by atoms with Crippen molar-refractivity contribution < 1.29 is 24.1 Å². The summed E-state index contributed by atoms with van der Waals surface area (Å²) >= 11 is 0. The van der Waals surface area contributed by atoms with Crippen LogP contribution in [0.1, 0.15) is 31.6 Å². The van der Waals surface area contributed by atoms with E-state index >= 15 is 0 Å². The topological polar surface area (TPSA) is 85.0 Å². The van der Waals surface area contributed by atoms with Crippen molar-refractivity contribution in [3.8, 4) is 34.1 Å². The molecule has 1 aromatic heterocycles. The normalized spacial score (nSPS) is 21.7. The Morgan fingerprint density at radius 3 is 1.93 bits per heavy atom. The van der Waals surface area contributed by atoms with Gasteiger partial charge in [-0.2, -0.15) is 0 Å². The molecule has 0 unspecified atom stereocenters. The van der Waals surface area contributed by atoms with Crippen molar-refractivity contribution in [2.75, 3.05) is 14.2 Å². The van der Waals surface area contributed by atoms with Crippen LogP contribution in [-0.2, 0) is 5.60 Å². The van der Waals surface area contributed by atoms with Gasteiger partial charge < -0.3 is 24.1 Å². The molecular formula is C23H25NO5. The molecule has 4 rings (SSSR count). The lowest BCUT2D eigenvalue weighted by atomic mass is 9.83. The van der Waals surface area contributed by atoms with E-state index < -0.39 is 5.60 Å². The fourth-order valence-electron chi connectivity index (χ4n) is 3.70. The summed E-state index contributed by atoms with van der Waals surface area (Å²) in [6.45, 7) is 0. The van der Waals surface area contributed by atoms with Crippen molar-refractivity contribution in [2.45, 2.75) is 37.4 Å². The Hall–Kier alpha value is -2.83. The number of oxazole rings is 1. The molecule has 0 bridgehead atoms. The highest BCUT2D eigenvalue weighted by atomic mass is 16.5. The van der Waals surface area contributed by atoms with E-state index in [0.29, 0.717) is 43.0 Å². The lowest BCUT2D eigenvalue weighted by Crippen LogP contribution is -2.33. The molecule has 3 aromatic rings. The predicted octanol–water partition coefficient (Wildman–Crippen LogP) is 4.15. The van der Waals surface area contributed by atoms with Gasteiger partial charge in [-0.15, -0.1) is 0 Å². The quantitative estimate of drug-likeness (QED) is 0.675. The molecule has 1 aliphatic carbocycles. The Morgan fingerprint density at radius 2 is 1.41 bits per heavy atom. The summed E-state index contributed by atoms with van der Waals surface area (Å²) in [6, 6.07) is 15.1. The van der Waals surface area contributed by atoms with E-state index in [1.165, 1.54) is 0 Å². The second-order valence-corrected chi connectivity index (χ2v) is 7.42. The van der Waals surface area contributed by atoms with Gasteiger partial charge in [0.1, 0.15) is 22.8 Å². The largest absolute Gasteiger partial charge is 0.497 e. The van der Waals surface area contributed by atoms with Crippen molar-refractivity contribution in [2.24, 2.45) is 0 Å². The number of hydrogen-bond acceptors (Lipinski definition) is 6. The molecule has 1 aliphatic rings. The van der Waals surface area contributed by atoms with Gasteiger partial charge in [0.2, 0.25) is 5.89 Å². The summed E-state index contributed by atoms with van der Waals surface area (Å²) in [5.41, 5.74) is 1.19. The van der Waals surface area contributed by atoms with E-state index in [-0.39, 0.29) is 6.10 Å². The molecule has 1 saturated carbocycles. The van der Waals surface area contributed by atoms with Gasteiger partial charge in [0, 0.05) is 11.1 Å². The Balaban J connectivity index is 1.79. The number of ether oxygens (including phenoxy) is 2. The lowest BCUT2D eigenvalue weighted by Gasteiger charge is -2.31. The van der Waals surface area contributed by atoms with Gasteiger partial charge >= 0.3 is 0 Å². The third-order valence-electron chi connectivity index (χ3n) is 5.52. The Labute approximate surface area is 169 Å². The van der Waals surface area contributed by atoms with Crippen molar-refractivity contribution in [1.29, 1.82) is 0 Å². The monoisotopic (exact) mass is 395 g/mol. The summed E-state index contributed by atoms with van der Waals surface area (Å²) < 4.78 is 16.6. The number of aliphatic hydroxyl groups is 2. The number of benzene rings is 2. The SMILES string of the molecule is COc1ccc(-c2nc(C3(O)CCC(O)CC3)oc2-c2ccc(OC)cc2)cc1. The van der Waals surface area contributed by atoms with Gasteiger partial charge in [0.05, 0.1) is 20.3 Å². The van der Waals surface area contributed by atoms with Crippen LogP contribution in [-0.4, -0.2) is 35.5 Å². The van der Waals surface area contributed by atoms with Gasteiger partial charge in [-0.25, -0.2) is 4.98 Å². The molecule has 2 N–H and O–H groups in total. The molecule has 0 spiro atoms.